The van der Waals surface area contributed by atoms with E-state index in [2.05, 4.69) is 20.6 Å². The van der Waals surface area contributed by atoms with Crippen LogP contribution in [-0.4, -0.2) is 32.3 Å². The smallest absolute Gasteiger partial charge is 0.251 e. The van der Waals surface area contributed by atoms with Crippen LogP contribution in [-0.2, 0) is 6.42 Å². The SMILES string of the molecule is O=C(NCCc1nn2cnnc2s1)c1ccc(Cl)cc1. The van der Waals surface area contributed by atoms with Crippen LogP contribution in [0.3, 0.4) is 0 Å². The molecule has 2 heterocycles. The summed E-state index contributed by atoms with van der Waals surface area (Å²) in [4.78, 5) is 12.6. The van der Waals surface area contributed by atoms with Crippen LogP contribution in [0.15, 0.2) is 30.6 Å². The van der Waals surface area contributed by atoms with Crippen molar-refractivity contribution in [3.63, 3.8) is 0 Å². The summed E-state index contributed by atoms with van der Waals surface area (Å²) < 4.78 is 1.63. The molecule has 0 spiro atoms. The van der Waals surface area contributed by atoms with E-state index in [9.17, 15) is 4.79 Å². The molecule has 0 saturated heterocycles. The Morgan fingerprint density at radius 3 is 2.90 bits per heavy atom. The minimum atomic E-state index is -0.121. The van der Waals surface area contributed by atoms with Crippen LogP contribution >= 0.6 is 22.9 Å². The number of hydrogen-bond donors (Lipinski definition) is 1. The van der Waals surface area contributed by atoms with Crippen molar-refractivity contribution in [3.05, 3.63) is 46.2 Å². The van der Waals surface area contributed by atoms with E-state index in [0.717, 1.165) is 9.97 Å². The highest BCUT2D eigenvalue weighted by Gasteiger charge is 2.07. The quantitative estimate of drug-likeness (QED) is 0.798. The molecule has 0 aliphatic carbocycles. The van der Waals surface area contributed by atoms with Gasteiger partial charge in [0.2, 0.25) is 4.96 Å². The van der Waals surface area contributed by atoms with Gasteiger partial charge in [0.25, 0.3) is 5.91 Å². The molecule has 1 N–H and O–H groups in total. The van der Waals surface area contributed by atoms with E-state index >= 15 is 0 Å². The van der Waals surface area contributed by atoms with Gasteiger partial charge < -0.3 is 5.32 Å². The molecule has 1 aromatic carbocycles. The number of aromatic nitrogens is 4. The number of fused-ring (bicyclic) bond motifs is 1. The van der Waals surface area contributed by atoms with E-state index in [1.54, 1.807) is 35.1 Å². The molecule has 0 fully saturated rings. The molecular weight excluding hydrogens is 298 g/mol. The molecule has 6 nitrogen and oxygen atoms in total. The molecule has 3 aromatic rings. The van der Waals surface area contributed by atoms with Gasteiger partial charge in [-0.15, -0.1) is 10.2 Å². The van der Waals surface area contributed by atoms with E-state index in [0.29, 0.717) is 23.6 Å². The maximum absolute atomic E-state index is 11.9. The van der Waals surface area contributed by atoms with Gasteiger partial charge in [0.05, 0.1) is 0 Å². The van der Waals surface area contributed by atoms with E-state index < -0.39 is 0 Å². The first-order valence-electron chi connectivity index (χ1n) is 5.92. The molecule has 2 aromatic heterocycles. The predicted molar refractivity (Wildman–Crippen MR) is 76.1 cm³/mol. The van der Waals surface area contributed by atoms with Crippen molar-refractivity contribution in [2.24, 2.45) is 0 Å². The van der Waals surface area contributed by atoms with Crippen molar-refractivity contribution in [1.82, 2.24) is 25.1 Å². The van der Waals surface area contributed by atoms with E-state index in [-0.39, 0.29) is 5.91 Å². The van der Waals surface area contributed by atoms with Crippen LogP contribution < -0.4 is 5.32 Å². The lowest BCUT2D eigenvalue weighted by atomic mass is 10.2. The van der Waals surface area contributed by atoms with E-state index in [1.165, 1.54) is 11.3 Å². The molecule has 1 amide bonds. The number of hydrogen-bond acceptors (Lipinski definition) is 5. The van der Waals surface area contributed by atoms with E-state index in [4.69, 9.17) is 11.6 Å². The number of nitrogens with zero attached hydrogens (tertiary/aromatic N) is 4. The minimum Gasteiger partial charge on any atom is -0.352 e. The molecule has 3 rings (SSSR count). The zero-order chi connectivity index (χ0) is 13.9. The van der Waals surface area contributed by atoms with Crippen molar-refractivity contribution >= 4 is 33.8 Å². The molecule has 102 valence electrons. The van der Waals surface area contributed by atoms with Gasteiger partial charge in [-0.3, -0.25) is 4.79 Å². The number of halogens is 1. The van der Waals surface area contributed by atoms with Gasteiger partial charge in [-0.25, -0.2) is 0 Å². The normalized spacial score (nSPS) is 10.8. The monoisotopic (exact) mass is 307 g/mol. The number of carbonyl (C=O) groups is 1. The maximum Gasteiger partial charge on any atom is 0.251 e. The van der Waals surface area contributed by atoms with Crippen LogP contribution in [0.1, 0.15) is 15.4 Å². The fourth-order valence-electron chi connectivity index (χ4n) is 1.69. The summed E-state index contributed by atoms with van der Waals surface area (Å²) in [5.41, 5.74) is 0.590. The summed E-state index contributed by atoms with van der Waals surface area (Å²) in [6.07, 6.45) is 2.22. The highest BCUT2D eigenvalue weighted by atomic mass is 35.5. The molecular formula is C12H10ClN5OS. The first-order valence-corrected chi connectivity index (χ1v) is 7.11. The fraction of sp³-hybridized carbons (Fsp3) is 0.167. The standard InChI is InChI=1S/C12H10ClN5OS/c13-9-3-1-8(2-4-9)11(19)14-6-5-10-17-18-7-15-16-12(18)20-10/h1-4,7H,5-6H2,(H,14,19). The third-order valence-corrected chi connectivity index (χ3v) is 3.88. The Bertz CT molecular complexity index is 707. The van der Waals surface area contributed by atoms with Crippen LogP contribution in [0.2, 0.25) is 5.02 Å². The van der Waals surface area contributed by atoms with Gasteiger partial charge >= 0.3 is 0 Å². The fourth-order valence-corrected chi connectivity index (χ4v) is 2.63. The largest absolute Gasteiger partial charge is 0.352 e. The number of carbonyl (C=O) groups excluding carboxylic acids is 1. The molecule has 20 heavy (non-hydrogen) atoms. The third kappa shape index (κ3) is 2.78. The Balaban J connectivity index is 1.55. The molecule has 0 atom stereocenters. The van der Waals surface area contributed by atoms with Crippen molar-refractivity contribution in [2.45, 2.75) is 6.42 Å². The average Bonchev–Trinajstić information content (AvgIpc) is 3.00. The van der Waals surface area contributed by atoms with Crippen molar-refractivity contribution in [1.29, 1.82) is 0 Å². The Morgan fingerprint density at radius 1 is 1.35 bits per heavy atom. The Kier molecular flexibility index (Phi) is 3.62. The van der Waals surface area contributed by atoms with Crippen molar-refractivity contribution in [2.75, 3.05) is 6.54 Å². The van der Waals surface area contributed by atoms with E-state index in [1.807, 2.05) is 0 Å². The first-order chi connectivity index (χ1) is 9.72. The van der Waals surface area contributed by atoms with Gasteiger partial charge in [-0.2, -0.15) is 9.61 Å². The molecule has 0 aliphatic heterocycles. The van der Waals surface area contributed by atoms with Crippen LogP contribution in [0.5, 0.6) is 0 Å². The second-order valence-electron chi connectivity index (χ2n) is 4.07. The van der Waals surface area contributed by atoms with Crippen LogP contribution in [0, 0.1) is 0 Å². The molecule has 0 unspecified atom stereocenters. The summed E-state index contributed by atoms with van der Waals surface area (Å²) >= 11 is 7.24. The summed E-state index contributed by atoms with van der Waals surface area (Å²) in [6, 6.07) is 6.78. The molecule has 0 bridgehead atoms. The van der Waals surface area contributed by atoms with Gasteiger partial charge in [0, 0.05) is 23.6 Å². The second-order valence-corrected chi connectivity index (χ2v) is 5.54. The molecule has 0 saturated carbocycles. The minimum absolute atomic E-state index is 0.121. The lowest BCUT2D eigenvalue weighted by Crippen LogP contribution is -2.25. The molecule has 8 heteroatoms. The topological polar surface area (TPSA) is 72.2 Å². The van der Waals surface area contributed by atoms with Gasteiger partial charge in [-0.05, 0) is 24.3 Å². The summed E-state index contributed by atoms with van der Waals surface area (Å²) in [6.45, 7) is 0.519. The number of nitrogens with one attached hydrogen (secondary N) is 1. The van der Waals surface area contributed by atoms with Crippen LogP contribution in [0.4, 0.5) is 0 Å². The van der Waals surface area contributed by atoms with Crippen molar-refractivity contribution < 1.29 is 4.79 Å². The summed E-state index contributed by atoms with van der Waals surface area (Å²) in [5.74, 6) is -0.121. The maximum atomic E-state index is 11.9. The summed E-state index contributed by atoms with van der Waals surface area (Å²) in [5, 5.41) is 16.3. The predicted octanol–water partition coefficient (Wildman–Crippen LogP) is 1.81. The molecule has 0 radical (unpaired) electrons. The summed E-state index contributed by atoms with van der Waals surface area (Å²) in [7, 11) is 0. The van der Waals surface area contributed by atoms with Crippen LogP contribution in [0.25, 0.3) is 4.96 Å². The van der Waals surface area contributed by atoms with Gasteiger partial charge in [0.1, 0.15) is 11.3 Å². The Morgan fingerprint density at radius 2 is 2.15 bits per heavy atom. The number of rotatable bonds is 4. The third-order valence-electron chi connectivity index (χ3n) is 2.66. The van der Waals surface area contributed by atoms with Gasteiger partial charge in [-0.1, -0.05) is 22.9 Å². The van der Waals surface area contributed by atoms with Gasteiger partial charge in [0.15, 0.2) is 0 Å². The lowest BCUT2D eigenvalue weighted by molar-refractivity contribution is 0.0954. The lowest BCUT2D eigenvalue weighted by Gasteiger charge is -2.03. The average molecular weight is 308 g/mol. The zero-order valence-corrected chi connectivity index (χ0v) is 11.9. The highest BCUT2D eigenvalue weighted by Crippen LogP contribution is 2.12. The number of benzene rings is 1. The second kappa shape index (κ2) is 5.56. The highest BCUT2D eigenvalue weighted by molar-refractivity contribution is 7.16. The zero-order valence-electron chi connectivity index (χ0n) is 10.3. The first kappa shape index (κ1) is 13.0. The Hall–Kier alpha value is -1.99. The number of amides is 1. The Labute approximate surface area is 123 Å². The van der Waals surface area contributed by atoms with Crippen molar-refractivity contribution in [3.8, 4) is 0 Å². The molecule has 0 aliphatic rings.